The molecule has 1 fully saturated rings. The summed E-state index contributed by atoms with van der Waals surface area (Å²) in [4.78, 5) is 33.2. The summed E-state index contributed by atoms with van der Waals surface area (Å²) in [5, 5.41) is 0. The minimum atomic E-state index is -0.636. The van der Waals surface area contributed by atoms with E-state index in [-0.39, 0.29) is 49.2 Å². The highest BCUT2D eigenvalue weighted by Crippen LogP contribution is 2.26. The van der Waals surface area contributed by atoms with Gasteiger partial charge in [0.1, 0.15) is 17.9 Å². The van der Waals surface area contributed by atoms with Crippen molar-refractivity contribution < 1.29 is 27.5 Å². The molecule has 1 amide bonds. The number of carbonyl (C=O) groups excluding carboxylic acids is 2. The summed E-state index contributed by atoms with van der Waals surface area (Å²) >= 11 is 0. The number of esters is 1. The van der Waals surface area contributed by atoms with Crippen molar-refractivity contribution in [2.24, 2.45) is 5.92 Å². The van der Waals surface area contributed by atoms with Crippen LogP contribution in [0.15, 0.2) is 59.2 Å². The van der Waals surface area contributed by atoms with Crippen molar-refractivity contribution in [3.63, 3.8) is 0 Å². The van der Waals surface area contributed by atoms with Crippen LogP contribution in [-0.4, -0.2) is 46.4 Å². The molecule has 0 spiro atoms. The lowest BCUT2D eigenvalue weighted by Gasteiger charge is -2.31. The van der Waals surface area contributed by atoms with E-state index in [9.17, 15) is 18.4 Å². The Morgan fingerprint density at radius 1 is 1.19 bits per heavy atom. The Morgan fingerprint density at radius 2 is 1.97 bits per heavy atom. The minimum Gasteiger partial charge on any atom is -0.466 e. The van der Waals surface area contributed by atoms with Crippen molar-refractivity contribution in [2.45, 2.75) is 45.8 Å². The molecule has 1 aromatic heterocycles. The Balaban J connectivity index is 1.50. The first-order chi connectivity index (χ1) is 17.9. The zero-order chi connectivity index (χ0) is 26.4. The lowest BCUT2D eigenvalue weighted by atomic mass is 9.98. The van der Waals surface area contributed by atoms with Crippen molar-refractivity contribution in [3.8, 4) is 0 Å². The molecule has 1 aliphatic rings. The van der Waals surface area contributed by atoms with Crippen molar-refractivity contribution in [1.29, 1.82) is 0 Å². The molecule has 9 heteroatoms. The van der Waals surface area contributed by atoms with Crippen LogP contribution in [0, 0.1) is 17.6 Å². The molecule has 0 radical (unpaired) electrons. The average molecular weight is 512 g/mol. The van der Waals surface area contributed by atoms with E-state index in [0.29, 0.717) is 37.4 Å². The summed E-state index contributed by atoms with van der Waals surface area (Å²) in [6.45, 7) is 5.23. The maximum atomic E-state index is 14.5. The van der Waals surface area contributed by atoms with Gasteiger partial charge in [0, 0.05) is 37.3 Å². The van der Waals surface area contributed by atoms with Gasteiger partial charge < -0.3 is 14.1 Å². The van der Waals surface area contributed by atoms with Crippen LogP contribution in [0.4, 0.5) is 8.78 Å². The molecule has 196 valence electrons. The van der Waals surface area contributed by atoms with E-state index in [0.717, 1.165) is 11.6 Å². The van der Waals surface area contributed by atoms with Crippen molar-refractivity contribution in [3.05, 3.63) is 89.1 Å². The number of likely N-dealkylation sites (tertiary alicyclic amines) is 1. The predicted molar refractivity (Wildman–Crippen MR) is 132 cm³/mol. The smallest absolute Gasteiger partial charge is 0.310 e. The summed E-state index contributed by atoms with van der Waals surface area (Å²) in [5.74, 6) is -1.92. The van der Waals surface area contributed by atoms with Gasteiger partial charge in [-0.2, -0.15) is 0 Å². The molecule has 1 saturated heterocycles. The Morgan fingerprint density at radius 3 is 2.70 bits per heavy atom. The third-order valence-corrected chi connectivity index (χ3v) is 6.66. The number of halogens is 2. The second-order valence-electron chi connectivity index (χ2n) is 9.20. The van der Waals surface area contributed by atoms with E-state index in [1.165, 1.54) is 18.4 Å². The van der Waals surface area contributed by atoms with E-state index in [4.69, 9.17) is 9.15 Å². The van der Waals surface area contributed by atoms with Crippen LogP contribution >= 0.6 is 0 Å². The van der Waals surface area contributed by atoms with E-state index in [1.54, 1.807) is 11.8 Å². The second-order valence-corrected chi connectivity index (χ2v) is 9.20. The van der Waals surface area contributed by atoms with Gasteiger partial charge >= 0.3 is 5.97 Å². The van der Waals surface area contributed by atoms with E-state index in [1.807, 2.05) is 42.2 Å². The third-order valence-electron chi connectivity index (χ3n) is 6.66. The van der Waals surface area contributed by atoms with E-state index >= 15 is 0 Å². The van der Waals surface area contributed by atoms with Gasteiger partial charge in [0.15, 0.2) is 5.69 Å². The van der Waals surface area contributed by atoms with Gasteiger partial charge in [-0.25, -0.2) is 13.8 Å². The number of hydrogen-bond acceptors (Lipinski definition) is 6. The normalized spacial score (nSPS) is 16.6. The van der Waals surface area contributed by atoms with Gasteiger partial charge in [0.25, 0.3) is 5.91 Å². The number of oxazole rings is 1. The fourth-order valence-electron chi connectivity index (χ4n) is 4.57. The minimum absolute atomic E-state index is 0.149. The predicted octanol–water partition coefficient (Wildman–Crippen LogP) is 5.13. The monoisotopic (exact) mass is 511 g/mol. The lowest BCUT2D eigenvalue weighted by Crippen LogP contribution is -2.43. The van der Waals surface area contributed by atoms with Crippen molar-refractivity contribution in [2.75, 3.05) is 19.7 Å². The highest BCUT2D eigenvalue weighted by Gasteiger charge is 2.31. The first-order valence-corrected chi connectivity index (χ1v) is 12.5. The lowest BCUT2D eigenvalue weighted by molar-refractivity contribution is -0.149. The van der Waals surface area contributed by atoms with Crippen LogP contribution < -0.4 is 0 Å². The molecule has 0 saturated carbocycles. The first kappa shape index (κ1) is 26.5. The number of benzene rings is 2. The number of carbonyl (C=O) groups is 2. The Hall–Kier alpha value is -3.59. The topological polar surface area (TPSA) is 75.9 Å². The average Bonchev–Trinajstić information content (AvgIpc) is 3.38. The number of ether oxygens (including phenoxy) is 1. The number of amides is 1. The summed E-state index contributed by atoms with van der Waals surface area (Å²) in [6.07, 6.45) is 2.69. The maximum absolute atomic E-state index is 14.5. The Labute approximate surface area is 215 Å². The fourth-order valence-corrected chi connectivity index (χ4v) is 4.57. The van der Waals surface area contributed by atoms with Crippen LogP contribution in [-0.2, 0) is 22.6 Å². The maximum Gasteiger partial charge on any atom is 0.310 e. The third kappa shape index (κ3) is 6.60. The second kappa shape index (κ2) is 12.1. The van der Waals surface area contributed by atoms with Crippen molar-refractivity contribution >= 4 is 11.9 Å². The highest BCUT2D eigenvalue weighted by molar-refractivity contribution is 5.92. The van der Waals surface area contributed by atoms with Gasteiger partial charge in [0.05, 0.1) is 19.1 Å². The summed E-state index contributed by atoms with van der Waals surface area (Å²) in [7, 11) is 0. The number of piperidine rings is 1. The highest BCUT2D eigenvalue weighted by atomic mass is 19.1. The molecule has 2 aromatic carbocycles. The number of rotatable bonds is 9. The zero-order valence-electron chi connectivity index (χ0n) is 21.0. The molecule has 2 unspecified atom stereocenters. The molecular formula is C28H31F2N3O4. The van der Waals surface area contributed by atoms with Crippen molar-refractivity contribution in [1.82, 2.24) is 14.8 Å². The number of hydrogen-bond donors (Lipinski definition) is 0. The molecule has 7 nitrogen and oxygen atoms in total. The van der Waals surface area contributed by atoms with Gasteiger partial charge in [0.2, 0.25) is 5.89 Å². The molecule has 0 aliphatic carbocycles. The number of aromatic nitrogens is 1. The van der Waals surface area contributed by atoms with Crippen LogP contribution in [0.5, 0.6) is 0 Å². The van der Waals surface area contributed by atoms with Gasteiger partial charge in [-0.05, 0) is 38.3 Å². The van der Waals surface area contributed by atoms with Crippen LogP contribution in [0.3, 0.4) is 0 Å². The molecule has 0 N–H and O–H groups in total. The summed E-state index contributed by atoms with van der Waals surface area (Å²) in [5.41, 5.74) is 1.50. The van der Waals surface area contributed by atoms with E-state index in [2.05, 4.69) is 4.98 Å². The molecule has 37 heavy (non-hydrogen) atoms. The SMILES string of the molecule is CCOC(=O)C1CCCN(C(=O)c2coc(CN(Cc3ccc(F)cc3F)C(C)c3ccccc3)n2)C1. The molecule has 1 aliphatic heterocycles. The Kier molecular flexibility index (Phi) is 8.66. The number of nitrogens with zero attached hydrogens (tertiary/aromatic N) is 3. The van der Waals surface area contributed by atoms with E-state index < -0.39 is 11.6 Å². The Bertz CT molecular complexity index is 1220. The largest absolute Gasteiger partial charge is 0.466 e. The summed E-state index contributed by atoms with van der Waals surface area (Å²) < 4.78 is 38.7. The first-order valence-electron chi connectivity index (χ1n) is 12.5. The molecule has 2 atom stereocenters. The quantitative estimate of drug-likeness (QED) is 0.371. The molecule has 4 rings (SSSR count). The summed E-state index contributed by atoms with van der Waals surface area (Å²) in [6, 6.07) is 13.1. The molecule has 3 aromatic rings. The molecular weight excluding hydrogens is 480 g/mol. The molecule has 2 heterocycles. The van der Waals surface area contributed by atoms with Gasteiger partial charge in [-0.3, -0.25) is 14.5 Å². The zero-order valence-corrected chi connectivity index (χ0v) is 21.0. The van der Waals surface area contributed by atoms with Crippen LogP contribution in [0.1, 0.15) is 60.2 Å². The molecule has 0 bridgehead atoms. The fraction of sp³-hybridized carbons (Fsp3) is 0.393. The van der Waals surface area contributed by atoms with Crippen LogP contribution in [0.25, 0.3) is 0 Å². The standard InChI is InChI=1S/C28H31F2N3O4/c1-3-36-28(35)22-10-7-13-32(16-22)27(34)25-18-37-26(31-25)17-33(19(2)20-8-5-4-6-9-20)15-21-11-12-23(29)14-24(21)30/h4-6,8-9,11-12,14,18-19,22H,3,7,10,13,15-17H2,1-2H3. The van der Waals surface area contributed by atoms with Gasteiger partial charge in [-0.1, -0.05) is 36.4 Å². The van der Waals surface area contributed by atoms with Crippen LogP contribution in [0.2, 0.25) is 0 Å². The van der Waals surface area contributed by atoms with Gasteiger partial charge in [-0.15, -0.1) is 0 Å².